The molecular formula is C11H15N3O3. The summed E-state index contributed by atoms with van der Waals surface area (Å²) < 4.78 is 1.61. The maximum atomic E-state index is 12.1. The average molecular weight is 237 g/mol. The second kappa shape index (κ2) is 4.20. The number of aliphatic carboxylic acids is 1. The van der Waals surface area contributed by atoms with Crippen molar-refractivity contribution < 1.29 is 14.7 Å². The Morgan fingerprint density at radius 1 is 1.53 bits per heavy atom. The van der Waals surface area contributed by atoms with E-state index >= 15 is 0 Å². The highest BCUT2D eigenvalue weighted by atomic mass is 16.4. The molecule has 1 atom stereocenters. The fraction of sp³-hybridized carbons (Fsp3) is 0.545. The van der Waals surface area contributed by atoms with E-state index in [1.807, 2.05) is 6.92 Å². The molecule has 1 aliphatic rings. The zero-order valence-corrected chi connectivity index (χ0v) is 9.88. The summed E-state index contributed by atoms with van der Waals surface area (Å²) in [5.41, 5.74) is 1.19. The van der Waals surface area contributed by atoms with Crippen molar-refractivity contribution in [2.75, 3.05) is 6.54 Å². The summed E-state index contributed by atoms with van der Waals surface area (Å²) in [6.45, 7) is 2.34. The molecule has 0 bridgehead atoms. The lowest BCUT2D eigenvalue weighted by Crippen LogP contribution is -2.40. The van der Waals surface area contributed by atoms with Gasteiger partial charge in [-0.1, -0.05) is 0 Å². The SMILES string of the molecule is Cc1cc(C(=O)N2CCC[C@@H]2C(=O)O)nn1C. The van der Waals surface area contributed by atoms with E-state index in [1.54, 1.807) is 17.8 Å². The number of aromatic nitrogens is 2. The number of likely N-dealkylation sites (tertiary alicyclic amines) is 1. The highest BCUT2D eigenvalue weighted by Gasteiger charge is 2.35. The van der Waals surface area contributed by atoms with Gasteiger partial charge in [-0.15, -0.1) is 0 Å². The maximum Gasteiger partial charge on any atom is 0.326 e. The van der Waals surface area contributed by atoms with Crippen molar-refractivity contribution in [2.45, 2.75) is 25.8 Å². The van der Waals surface area contributed by atoms with Crippen molar-refractivity contribution in [1.29, 1.82) is 0 Å². The van der Waals surface area contributed by atoms with Gasteiger partial charge < -0.3 is 10.0 Å². The van der Waals surface area contributed by atoms with E-state index in [2.05, 4.69) is 5.10 Å². The quantitative estimate of drug-likeness (QED) is 0.808. The third-order valence-electron chi connectivity index (χ3n) is 3.13. The predicted molar refractivity (Wildman–Crippen MR) is 59.6 cm³/mol. The van der Waals surface area contributed by atoms with Crippen LogP contribution in [0.25, 0.3) is 0 Å². The number of carboxylic acids is 1. The monoisotopic (exact) mass is 237 g/mol. The van der Waals surface area contributed by atoms with Crippen LogP contribution in [0.3, 0.4) is 0 Å². The van der Waals surface area contributed by atoms with Crippen LogP contribution in [-0.4, -0.2) is 44.3 Å². The molecule has 1 fully saturated rings. The summed E-state index contributed by atoms with van der Waals surface area (Å²) in [7, 11) is 1.75. The molecule has 0 unspecified atom stereocenters. The molecule has 1 amide bonds. The number of amides is 1. The Kier molecular flexibility index (Phi) is 2.87. The van der Waals surface area contributed by atoms with Crippen molar-refractivity contribution in [3.8, 4) is 0 Å². The number of rotatable bonds is 2. The molecule has 92 valence electrons. The van der Waals surface area contributed by atoms with Crippen molar-refractivity contribution in [3.05, 3.63) is 17.5 Å². The average Bonchev–Trinajstić information content (AvgIpc) is 2.85. The number of carboxylic acid groups (broad SMARTS) is 1. The van der Waals surface area contributed by atoms with E-state index in [0.29, 0.717) is 18.7 Å². The number of carbonyl (C=O) groups excluding carboxylic acids is 1. The molecule has 2 rings (SSSR count). The maximum absolute atomic E-state index is 12.1. The lowest BCUT2D eigenvalue weighted by atomic mass is 10.2. The third kappa shape index (κ3) is 2.02. The second-order valence-corrected chi connectivity index (χ2v) is 4.29. The first-order valence-corrected chi connectivity index (χ1v) is 5.55. The fourth-order valence-electron chi connectivity index (χ4n) is 2.08. The van der Waals surface area contributed by atoms with Gasteiger partial charge in [-0.3, -0.25) is 9.48 Å². The molecule has 1 aliphatic heterocycles. The topological polar surface area (TPSA) is 75.4 Å². The molecule has 1 saturated heterocycles. The number of aryl methyl sites for hydroxylation is 2. The first-order chi connectivity index (χ1) is 8.00. The van der Waals surface area contributed by atoms with Crippen LogP contribution in [0, 0.1) is 6.92 Å². The van der Waals surface area contributed by atoms with Crippen molar-refractivity contribution in [1.82, 2.24) is 14.7 Å². The van der Waals surface area contributed by atoms with Crippen LogP contribution < -0.4 is 0 Å². The van der Waals surface area contributed by atoms with Crippen molar-refractivity contribution >= 4 is 11.9 Å². The van der Waals surface area contributed by atoms with Gasteiger partial charge in [-0.2, -0.15) is 5.10 Å². The number of hydrogen-bond acceptors (Lipinski definition) is 3. The molecule has 0 spiro atoms. The van der Waals surface area contributed by atoms with Crippen molar-refractivity contribution in [2.24, 2.45) is 7.05 Å². The minimum absolute atomic E-state index is 0.293. The Bertz CT molecular complexity index is 447. The van der Waals surface area contributed by atoms with E-state index in [1.165, 1.54) is 4.90 Å². The number of carbonyl (C=O) groups is 2. The summed E-state index contributed by atoms with van der Waals surface area (Å²) in [6.07, 6.45) is 1.25. The lowest BCUT2D eigenvalue weighted by molar-refractivity contribution is -0.141. The van der Waals surface area contributed by atoms with E-state index in [9.17, 15) is 9.59 Å². The second-order valence-electron chi connectivity index (χ2n) is 4.29. The van der Waals surface area contributed by atoms with E-state index in [0.717, 1.165) is 12.1 Å². The minimum atomic E-state index is -0.941. The van der Waals surface area contributed by atoms with Gasteiger partial charge in [0.1, 0.15) is 6.04 Å². The molecule has 0 saturated carbocycles. The molecule has 17 heavy (non-hydrogen) atoms. The Labute approximate surface area is 98.8 Å². The summed E-state index contributed by atoms with van der Waals surface area (Å²) in [5.74, 6) is -1.23. The van der Waals surface area contributed by atoms with Gasteiger partial charge >= 0.3 is 5.97 Å². The van der Waals surface area contributed by atoms with Gasteiger partial charge in [0, 0.05) is 19.3 Å². The molecule has 1 N–H and O–H groups in total. The van der Waals surface area contributed by atoms with Crippen LogP contribution in [0.15, 0.2) is 6.07 Å². The Morgan fingerprint density at radius 2 is 2.24 bits per heavy atom. The molecule has 0 aromatic carbocycles. The molecule has 1 aromatic rings. The van der Waals surface area contributed by atoms with Crippen molar-refractivity contribution in [3.63, 3.8) is 0 Å². The Balaban J connectivity index is 2.22. The van der Waals surface area contributed by atoms with Crippen LogP contribution in [-0.2, 0) is 11.8 Å². The zero-order valence-electron chi connectivity index (χ0n) is 9.88. The molecule has 0 radical (unpaired) electrons. The fourth-order valence-corrected chi connectivity index (χ4v) is 2.08. The predicted octanol–water partition coefficient (Wildman–Crippen LogP) is 0.418. The number of hydrogen-bond donors (Lipinski definition) is 1. The summed E-state index contributed by atoms with van der Waals surface area (Å²) in [4.78, 5) is 24.5. The van der Waals surface area contributed by atoms with Gasteiger partial charge in [0.05, 0.1) is 0 Å². The molecule has 0 aliphatic carbocycles. The Morgan fingerprint density at radius 3 is 2.76 bits per heavy atom. The van der Waals surface area contributed by atoms with Gasteiger partial charge in [-0.05, 0) is 25.8 Å². The standard InChI is InChI=1S/C11H15N3O3/c1-7-6-8(12-13(7)2)10(15)14-5-3-4-9(14)11(16)17/h6,9H,3-5H2,1-2H3,(H,16,17)/t9-/m1/s1. The van der Waals surface area contributed by atoms with Gasteiger partial charge in [0.2, 0.25) is 0 Å². The molecule has 2 heterocycles. The van der Waals surface area contributed by atoms with Crippen LogP contribution in [0.5, 0.6) is 0 Å². The smallest absolute Gasteiger partial charge is 0.326 e. The van der Waals surface area contributed by atoms with Gasteiger partial charge in [-0.25, -0.2) is 4.79 Å². The molecule has 6 nitrogen and oxygen atoms in total. The van der Waals surface area contributed by atoms with Gasteiger partial charge in [0.25, 0.3) is 5.91 Å². The highest BCUT2D eigenvalue weighted by molar-refractivity contribution is 5.95. The van der Waals surface area contributed by atoms with Crippen LogP contribution in [0.4, 0.5) is 0 Å². The molecular weight excluding hydrogens is 222 g/mol. The van der Waals surface area contributed by atoms with Crippen LogP contribution in [0.1, 0.15) is 29.0 Å². The minimum Gasteiger partial charge on any atom is -0.480 e. The first kappa shape index (κ1) is 11.6. The van der Waals surface area contributed by atoms with E-state index in [4.69, 9.17) is 5.11 Å². The summed E-state index contributed by atoms with van der Waals surface area (Å²) in [6, 6.07) is 0.976. The first-order valence-electron chi connectivity index (χ1n) is 5.55. The molecule has 1 aromatic heterocycles. The van der Waals surface area contributed by atoms with Crippen LogP contribution in [0.2, 0.25) is 0 Å². The third-order valence-corrected chi connectivity index (χ3v) is 3.13. The zero-order chi connectivity index (χ0) is 12.6. The van der Waals surface area contributed by atoms with Gasteiger partial charge in [0.15, 0.2) is 5.69 Å². The highest BCUT2D eigenvalue weighted by Crippen LogP contribution is 2.20. The Hall–Kier alpha value is -1.85. The van der Waals surface area contributed by atoms with Crippen LogP contribution >= 0.6 is 0 Å². The summed E-state index contributed by atoms with van der Waals surface area (Å²) in [5, 5.41) is 13.1. The lowest BCUT2D eigenvalue weighted by Gasteiger charge is -2.19. The van der Waals surface area contributed by atoms with E-state index in [-0.39, 0.29) is 5.91 Å². The normalized spacial score (nSPS) is 19.6. The molecule has 6 heteroatoms. The van der Waals surface area contributed by atoms with E-state index < -0.39 is 12.0 Å². The number of nitrogens with zero attached hydrogens (tertiary/aromatic N) is 3. The summed E-state index contributed by atoms with van der Waals surface area (Å²) >= 11 is 0. The largest absolute Gasteiger partial charge is 0.480 e.